The van der Waals surface area contributed by atoms with Gasteiger partial charge in [-0.3, -0.25) is 9.78 Å². The number of alkyl halides is 1. The van der Waals surface area contributed by atoms with Crippen LogP contribution in [0.3, 0.4) is 0 Å². The van der Waals surface area contributed by atoms with Gasteiger partial charge < -0.3 is 15.4 Å². The van der Waals surface area contributed by atoms with Crippen LogP contribution in [0.5, 0.6) is 0 Å². The first-order chi connectivity index (χ1) is 15.0. The average Bonchev–Trinajstić information content (AvgIpc) is 3.18. The Morgan fingerprint density at radius 1 is 1.35 bits per heavy atom. The maximum atomic E-state index is 14.1. The van der Waals surface area contributed by atoms with E-state index in [9.17, 15) is 9.18 Å². The van der Waals surface area contributed by atoms with Crippen LogP contribution >= 0.6 is 0 Å². The van der Waals surface area contributed by atoms with Gasteiger partial charge in [-0.25, -0.2) is 8.91 Å². The lowest BCUT2D eigenvalue weighted by atomic mass is 10.1. The molecule has 31 heavy (non-hydrogen) atoms. The van der Waals surface area contributed by atoms with Crippen molar-refractivity contribution < 1.29 is 13.9 Å². The molecule has 160 valence electrons. The highest BCUT2D eigenvalue weighted by molar-refractivity contribution is 6.00. The third-order valence-corrected chi connectivity index (χ3v) is 5.09. The van der Waals surface area contributed by atoms with E-state index in [2.05, 4.69) is 26.8 Å². The topological polar surface area (TPSA) is 104 Å². The summed E-state index contributed by atoms with van der Waals surface area (Å²) in [5.41, 5.74) is 3.53. The van der Waals surface area contributed by atoms with Crippen LogP contribution in [0.15, 0.2) is 36.7 Å². The maximum absolute atomic E-state index is 14.1. The zero-order chi connectivity index (χ0) is 22.0. The molecular weight excluding hydrogens is 399 g/mol. The fourth-order valence-electron chi connectivity index (χ4n) is 3.57. The summed E-state index contributed by atoms with van der Waals surface area (Å²) >= 11 is 0. The number of ether oxygens (including phenoxy) is 1. The van der Waals surface area contributed by atoms with E-state index in [1.807, 2.05) is 26.0 Å². The molecule has 2 atom stereocenters. The van der Waals surface area contributed by atoms with Gasteiger partial charge in [0.05, 0.1) is 52.6 Å². The molecule has 0 radical (unpaired) electrons. The quantitative estimate of drug-likeness (QED) is 0.655. The van der Waals surface area contributed by atoms with Gasteiger partial charge in [0.25, 0.3) is 5.91 Å². The minimum absolute atomic E-state index is 0.0129. The zero-order valence-corrected chi connectivity index (χ0v) is 17.3. The second-order valence-corrected chi connectivity index (χ2v) is 7.78. The second-order valence-electron chi connectivity index (χ2n) is 7.78. The number of halogens is 1. The molecule has 4 rings (SSSR count). The van der Waals surface area contributed by atoms with E-state index in [1.54, 1.807) is 16.6 Å². The molecule has 1 aliphatic rings. The van der Waals surface area contributed by atoms with Crippen molar-refractivity contribution in [2.45, 2.75) is 38.5 Å². The summed E-state index contributed by atoms with van der Waals surface area (Å²) in [6, 6.07) is 8.81. The minimum atomic E-state index is -1.23. The highest BCUT2D eigenvalue weighted by Crippen LogP contribution is 2.26. The van der Waals surface area contributed by atoms with Crippen LogP contribution in [0.1, 0.15) is 36.2 Å². The third kappa shape index (κ3) is 4.34. The van der Waals surface area contributed by atoms with Crippen LogP contribution in [-0.4, -0.2) is 52.0 Å². The number of fused-ring (bicyclic) bond motifs is 1. The van der Waals surface area contributed by atoms with E-state index < -0.39 is 12.2 Å². The van der Waals surface area contributed by atoms with Crippen LogP contribution in [0.25, 0.3) is 16.9 Å². The number of anilines is 1. The average molecular weight is 422 g/mol. The Balaban J connectivity index is 1.67. The van der Waals surface area contributed by atoms with Gasteiger partial charge in [-0.05, 0) is 44.5 Å². The van der Waals surface area contributed by atoms with Gasteiger partial charge in [0.1, 0.15) is 12.2 Å². The Bertz CT molecular complexity index is 1150. The van der Waals surface area contributed by atoms with Gasteiger partial charge >= 0.3 is 0 Å². The predicted molar refractivity (Wildman–Crippen MR) is 113 cm³/mol. The summed E-state index contributed by atoms with van der Waals surface area (Å²) in [5, 5.41) is 19.4. The van der Waals surface area contributed by atoms with Gasteiger partial charge in [-0.1, -0.05) is 0 Å². The number of hydrogen-bond donors (Lipinski definition) is 2. The van der Waals surface area contributed by atoms with Gasteiger partial charge in [-0.15, -0.1) is 0 Å². The first kappa shape index (κ1) is 20.8. The Morgan fingerprint density at radius 3 is 2.94 bits per heavy atom. The van der Waals surface area contributed by atoms with Gasteiger partial charge in [0, 0.05) is 18.8 Å². The highest BCUT2D eigenvalue weighted by Gasteiger charge is 2.28. The van der Waals surface area contributed by atoms with Crippen LogP contribution in [0.4, 0.5) is 10.1 Å². The molecule has 3 aromatic rings. The monoisotopic (exact) mass is 422 g/mol. The van der Waals surface area contributed by atoms with E-state index >= 15 is 0 Å². The van der Waals surface area contributed by atoms with Crippen molar-refractivity contribution >= 4 is 17.1 Å². The van der Waals surface area contributed by atoms with Crippen molar-refractivity contribution in [2.75, 3.05) is 18.5 Å². The lowest BCUT2D eigenvalue weighted by molar-refractivity contribution is 0.0142. The molecule has 0 spiro atoms. The van der Waals surface area contributed by atoms with Crippen LogP contribution in [0, 0.1) is 11.3 Å². The minimum Gasteiger partial charge on any atom is -0.382 e. The second kappa shape index (κ2) is 8.70. The number of carbonyl (C=O) groups excluding carboxylic acids is 1. The molecule has 1 fully saturated rings. The van der Waals surface area contributed by atoms with Crippen molar-refractivity contribution in [1.29, 1.82) is 5.26 Å². The predicted octanol–water partition coefficient (Wildman–Crippen LogP) is 2.95. The normalized spacial score (nSPS) is 18.7. The van der Waals surface area contributed by atoms with Crippen molar-refractivity contribution in [1.82, 2.24) is 19.9 Å². The fraction of sp³-hybridized carbons (Fsp3) is 0.364. The Hall–Kier alpha value is -3.51. The number of carbonyl (C=O) groups is 1. The van der Waals surface area contributed by atoms with Gasteiger partial charge in [0.15, 0.2) is 0 Å². The maximum Gasteiger partial charge on any atom is 0.255 e. The summed E-state index contributed by atoms with van der Waals surface area (Å²) < 4.78 is 20.9. The molecule has 0 aliphatic carbocycles. The number of aromatic nitrogens is 3. The number of hydrogen-bond acceptors (Lipinski definition) is 6. The van der Waals surface area contributed by atoms with E-state index in [4.69, 9.17) is 10.00 Å². The van der Waals surface area contributed by atoms with Gasteiger partial charge in [-0.2, -0.15) is 10.4 Å². The Morgan fingerprint density at radius 2 is 2.19 bits per heavy atom. The van der Waals surface area contributed by atoms with Gasteiger partial charge in [0.2, 0.25) is 0 Å². The van der Waals surface area contributed by atoms with Crippen LogP contribution < -0.4 is 10.6 Å². The van der Waals surface area contributed by atoms with Crippen LogP contribution in [0.2, 0.25) is 0 Å². The summed E-state index contributed by atoms with van der Waals surface area (Å²) in [6.45, 7) is 4.34. The first-order valence-corrected chi connectivity index (χ1v) is 10.1. The zero-order valence-electron chi connectivity index (χ0n) is 17.3. The molecule has 0 aromatic carbocycles. The van der Waals surface area contributed by atoms with E-state index in [0.29, 0.717) is 35.5 Å². The number of nitrogens with one attached hydrogen (secondary N) is 2. The van der Waals surface area contributed by atoms with E-state index in [1.165, 1.54) is 12.4 Å². The van der Waals surface area contributed by atoms with E-state index in [0.717, 1.165) is 11.2 Å². The van der Waals surface area contributed by atoms with Crippen molar-refractivity contribution in [3.8, 4) is 17.5 Å². The molecule has 8 nitrogen and oxygen atoms in total. The summed E-state index contributed by atoms with van der Waals surface area (Å²) in [5.74, 6) is -0.381. The fourth-order valence-corrected chi connectivity index (χ4v) is 3.57. The molecule has 3 aromatic heterocycles. The molecule has 2 N–H and O–H groups in total. The SMILES string of the molecule is CC(C)Nc1cc(-c2ccc3cc(C#N)cnn23)ncc1C(=O)N[C@@H]1CCOC[C@H]1F. The molecule has 0 saturated carbocycles. The molecule has 1 saturated heterocycles. The molecule has 0 unspecified atom stereocenters. The molecule has 1 aliphatic heterocycles. The highest BCUT2D eigenvalue weighted by atomic mass is 19.1. The van der Waals surface area contributed by atoms with Crippen molar-refractivity contribution in [3.63, 3.8) is 0 Å². The Kier molecular flexibility index (Phi) is 5.82. The smallest absolute Gasteiger partial charge is 0.255 e. The number of rotatable bonds is 5. The number of nitriles is 1. The summed E-state index contributed by atoms with van der Waals surface area (Å²) in [6.07, 6.45) is 2.18. The molecule has 4 heterocycles. The third-order valence-electron chi connectivity index (χ3n) is 5.09. The van der Waals surface area contributed by atoms with Crippen molar-refractivity contribution in [3.05, 3.63) is 47.8 Å². The molecule has 0 bridgehead atoms. The standard InChI is InChI=1S/C22H23FN6O2/c1-13(2)27-19-8-20(21-4-3-15-7-14(9-24)10-26-29(15)21)25-11-16(19)22(30)28-18-5-6-31-12-17(18)23/h3-4,7-8,10-11,13,17-18H,5-6,12H2,1-2H3,(H,25,27)(H,28,30)/t17-,18-/m1/s1. The van der Waals surface area contributed by atoms with E-state index in [-0.39, 0.29) is 18.6 Å². The molecule has 1 amide bonds. The van der Waals surface area contributed by atoms with Crippen LogP contribution in [-0.2, 0) is 4.74 Å². The lowest BCUT2D eigenvalue weighted by Gasteiger charge is -2.27. The number of pyridine rings is 1. The molecular formula is C22H23FN6O2. The first-order valence-electron chi connectivity index (χ1n) is 10.1. The summed E-state index contributed by atoms with van der Waals surface area (Å²) in [4.78, 5) is 17.4. The summed E-state index contributed by atoms with van der Waals surface area (Å²) in [7, 11) is 0. The Labute approximate surface area is 179 Å². The van der Waals surface area contributed by atoms with Crippen molar-refractivity contribution in [2.24, 2.45) is 0 Å². The number of amides is 1. The largest absolute Gasteiger partial charge is 0.382 e. The number of nitrogens with zero attached hydrogens (tertiary/aromatic N) is 4. The lowest BCUT2D eigenvalue weighted by Crippen LogP contribution is -2.47. The molecule has 9 heteroatoms.